The van der Waals surface area contributed by atoms with Crippen LogP contribution in [-0.2, 0) is 0 Å². The fourth-order valence-corrected chi connectivity index (χ4v) is 1.95. The predicted octanol–water partition coefficient (Wildman–Crippen LogP) is 4.43. The molecule has 6 heteroatoms. The molecule has 0 fully saturated rings. The van der Waals surface area contributed by atoms with Crippen LogP contribution < -0.4 is 4.99 Å². The molecule has 1 aromatic carbocycles. The van der Waals surface area contributed by atoms with Crippen molar-refractivity contribution in [3.63, 3.8) is 0 Å². The zero-order valence-electron chi connectivity index (χ0n) is 13.5. The molecule has 0 amide bonds. The van der Waals surface area contributed by atoms with Crippen molar-refractivity contribution in [1.82, 2.24) is 0 Å². The molecule has 0 aromatic heterocycles. The molecule has 0 unspecified atom stereocenters. The lowest BCUT2D eigenvalue weighted by molar-refractivity contribution is -0.356. The highest BCUT2D eigenvalue weighted by molar-refractivity contribution is 6.50. The third-order valence-corrected chi connectivity index (χ3v) is 2.75. The van der Waals surface area contributed by atoms with Crippen LogP contribution in [0.2, 0.25) is 0 Å². The number of nitrogens with one attached hydrogen (secondary N) is 1. The Morgan fingerprint density at radius 3 is 1.48 bits per heavy atom. The lowest BCUT2D eigenvalue weighted by Crippen LogP contribution is -2.66. The maximum Gasteiger partial charge on any atom is 0.673 e. The van der Waals surface area contributed by atoms with Crippen molar-refractivity contribution < 1.29 is 22.3 Å². The number of hydrogen-bond donors (Lipinski definition) is 1. The molecule has 0 saturated carbocycles. The SMILES string of the molecule is CC(C)=[NH+]c1c(C(C)C)cccc1C(C)C.F[B-](F)(F)F. The van der Waals surface area contributed by atoms with E-state index in [1.165, 1.54) is 22.5 Å². The second-order valence-electron chi connectivity index (χ2n) is 5.74. The van der Waals surface area contributed by atoms with Gasteiger partial charge >= 0.3 is 7.25 Å². The third-order valence-electron chi connectivity index (χ3n) is 2.75. The molecule has 1 aromatic rings. The molecule has 0 aliphatic heterocycles. The summed E-state index contributed by atoms with van der Waals surface area (Å²) in [4.78, 5) is 3.52. The average molecular weight is 305 g/mol. The Balaban J connectivity index is 0.000000690. The minimum absolute atomic E-state index is 0.556. The van der Waals surface area contributed by atoms with E-state index in [1.807, 2.05) is 0 Å². The molecule has 0 aliphatic carbocycles. The van der Waals surface area contributed by atoms with Gasteiger partial charge in [-0.05, 0) is 11.8 Å². The lowest BCUT2D eigenvalue weighted by Gasteiger charge is -2.12. The monoisotopic (exact) mass is 305 g/mol. The van der Waals surface area contributed by atoms with Crippen LogP contribution in [0.3, 0.4) is 0 Å². The smallest absolute Gasteiger partial charge is 0.418 e. The van der Waals surface area contributed by atoms with Crippen molar-refractivity contribution in [2.45, 2.75) is 53.4 Å². The molecule has 0 aliphatic rings. The molecule has 1 nitrogen and oxygen atoms in total. The van der Waals surface area contributed by atoms with Gasteiger partial charge in [0.05, 0.1) is 0 Å². The molecule has 0 spiro atoms. The first-order valence-electron chi connectivity index (χ1n) is 7.00. The summed E-state index contributed by atoms with van der Waals surface area (Å²) in [7, 11) is -6.00. The van der Waals surface area contributed by atoms with Gasteiger partial charge in [-0.25, -0.2) is 4.99 Å². The number of rotatable bonds is 3. The minimum Gasteiger partial charge on any atom is -0.418 e. The van der Waals surface area contributed by atoms with Gasteiger partial charge < -0.3 is 17.3 Å². The maximum absolute atomic E-state index is 9.75. The van der Waals surface area contributed by atoms with Crippen LogP contribution in [0.15, 0.2) is 18.2 Å². The first kappa shape index (κ1) is 19.7. The van der Waals surface area contributed by atoms with Gasteiger partial charge in [-0.3, -0.25) is 0 Å². The molecular formula is C15H24BF4N. The second kappa shape index (κ2) is 8.20. The van der Waals surface area contributed by atoms with E-state index >= 15 is 0 Å². The number of para-hydroxylation sites is 1. The molecule has 0 bridgehead atoms. The van der Waals surface area contributed by atoms with Crippen molar-refractivity contribution in [2.24, 2.45) is 0 Å². The number of benzene rings is 1. The molecule has 0 radical (unpaired) electrons. The molecule has 0 heterocycles. The van der Waals surface area contributed by atoms with Gasteiger partial charge in [0, 0.05) is 25.0 Å². The summed E-state index contributed by atoms with van der Waals surface area (Å²) in [5.74, 6) is 1.11. The van der Waals surface area contributed by atoms with E-state index in [-0.39, 0.29) is 0 Å². The largest absolute Gasteiger partial charge is 0.673 e. The van der Waals surface area contributed by atoms with Gasteiger partial charge in [-0.2, -0.15) is 0 Å². The molecule has 1 N–H and O–H groups in total. The Kier molecular flexibility index (Phi) is 7.68. The van der Waals surface area contributed by atoms with Crippen molar-refractivity contribution in [3.8, 4) is 0 Å². The van der Waals surface area contributed by atoms with Gasteiger partial charge in [-0.15, -0.1) is 0 Å². The van der Waals surface area contributed by atoms with Crippen molar-refractivity contribution >= 4 is 18.7 Å². The Labute approximate surface area is 124 Å². The fraction of sp³-hybridized carbons (Fsp3) is 0.533. The quantitative estimate of drug-likeness (QED) is 0.482. The second-order valence-corrected chi connectivity index (χ2v) is 5.74. The van der Waals surface area contributed by atoms with Crippen LogP contribution in [0, 0.1) is 0 Å². The van der Waals surface area contributed by atoms with Crippen molar-refractivity contribution in [1.29, 1.82) is 0 Å². The van der Waals surface area contributed by atoms with Crippen molar-refractivity contribution in [3.05, 3.63) is 29.3 Å². The highest BCUT2D eigenvalue weighted by atomic mass is 19.5. The van der Waals surface area contributed by atoms with Crippen LogP contribution in [0.4, 0.5) is 23.0 Å². The zero-order valence-corrected chi connectivity index (χ0v) is 13.5. The van der Waals surface area contributed by atoms with E-state index in [4.69, 9.17) is 0 Å². The standard InChI is InChI=1S/C15H23N.BF4/c1-10(2)13-8-7-9-14(11(3)4)15(13)16-12(5)6;2-1(3,4)5/h7-11H,1-6H3;/q;-1/p+1. The summed E-state index contributed by atoms with van der Waals surface area (Å²) in [6.45, 7) is 13.2. The van der Waals surface area contributed by atoms with Gasteiger partial charge in [0.15, 0.2) is 0 Å². The summed E-state index contributed by atoms with van der Waals surface area (Å²) in [6.07, 6.45) is 0. The Morgan fingerprint density at radius 1 is 0.905 bits per heavy atom. The fourth-order valence-electron chi connectivity index (χ4n) is 1.95. The highest BCUT2D eigenvalue weighted by Crippen LogP contribution is 2.28. The third kappa shape index (κ3) is 8.53. The van der Waals surface area contributed by atoms with Crippen LogP contribution in [-0.4, -0.2) is 13.0 Å². The summed E-state index contributed by atoms with van der Waals surface area (Å²) in [6, 6.07) is 6.62. The molecule has 0 saturated heterocycles. The number of hydrogen-bond acceptors (Lipinski definition) is 0. The van der Waals surface area contributed by atoms with Gasteiger partial charge in [0.2, 0.25) is 5.69 Å². The van der Waals surface area contributed by atoms with Crippen LogP contribution in [0.25, 0.3) is 0 Å². The zero-order chi connectivity index (χ0) is 16.8. The summed E-state index contributed by atoms with van der Waals surface area (Å²) >= 11 is 0. The molecule has 0 atom stereocenters. The summed E-state index contributed by atoms with van der Waals surface area (Å²) in [5, 5.41) is 0. The summed E-state index contributed by atoms with van der Waals surface area (Å²) in [5.41, 5.74) is 5.38. The van der Waals surface area contributed by atoms with E-state index in [0.29, 0.717) is 11.8 Å². The number of halogens is 4. The Morgan fingerprint density at radius 2 is 1.24 bits per heavy atom. The topological polar surface area (TPSA) is 14.0 Å². The van der Waals surface area contributed by atoms with E-state index in [2.05, 4.69) is 64.7 Å². The average Bonchev–Trinajstić information content (AvgIpc) is 2.25. The molecule has 120 valence electrons. The Bertz CT molecular complexity index is 443. The van der Waals surface area contributed by atoms with E-state index < -0.39 is 7.25 Å². The predicted molar refractivity (Wildman–Crippen MR) is 81.8 cm³/mol. The first-order valence-corrected chi connectivity index (χ1v) is 7.00. The molecular weight excluding hydrogens is 281 g/mol. The molecule has 1 rings (SSSR count). The normalized spacial score (nSPS) is 11.2. The summed E-state index contributed by atoms with van der Waals surface area (Å²) < 4.78 is 39.0. The van der Waals surface area contributed by atoms with Crippen LogP contribution in [0.5, 0.6) is 0 Å². The van der Waals surface area contributed by atoms with Gasteiger partial charge in [-0.1, -0.05) is 45.9 Å². The lowest BCUT2D eigenvalue weighted by atomic mass is 9.93. The first-order chi connectivity index (χ1) is 9.43. The van der Waals surface area contributed by atoms with Gasteiger partial charge in [0.1, 0.15) is 5.71 Å². The highest BCUT2D eigenvalue weighted by Gasteiger charge is 2.20. The van der Waals surface area contributed by atoms with Gasteiger partial charge in [0.25, 0.3) is 0 Å². The Hall–Kier alpha value is -1.33. The maximum atomic E-state index is 9.75. The van der Waals surface area contributed by atoms with Crippen molar-refractivity contribution in [2.75, 3.05) is 0 Å². The molecule has 21 heavy (non-hydrogen) atoms. The van der Waals surface area contributed by atoms with Crippen LogP contribution >= 0.6 is 0 Å². The van der Waals surface area contributed by atoms with Crippen LogP contribution in [0.1, 0.15) is 64.5 Å². The minimum atomic E-state index is -6.00. The van der Waals surface area contributed by atoms with E-state index in [1.54, 1.807) is 0 Å². The van der Waals surface area contributed by atoms with E-state index in [0.717, 1.165) is 0 Å². The van der Waals surface area contributed by atoms with E-state index in [9.17, 15) is 17.3 Å².